The van der Waals surface area contributed by atoms with Crippen molar-refractivity contribution in [3.8, 4) is 0 Å². The quantitative estimate of drug-likeness (QED) is 0.417. The predicted octanol–water partition coefficient (Wildman–Crippen LogP) is 1.53. The highest BCUT2D eigenvalue weighted by atomic mass is 32.1. The Morgan fingerprint density at radius 1 is 1.71 bits per heavy atom. The Balaban J connectivity index is 2.99. The SMILES string of the molecule is [B]CC(CC)CS. The summed E-state index contributed by atoms with van der Waals surface area (Å²) in [6.07, 6.45) is 1.93. The van der Waals surface area contributed by atoms with Crippen molar-refractivity contribution in [2.45, 2.75) is 19.7 Å². The summed E-state index contributed by atoms with van der Waals surface area (Å²) < 4.78 is 0. The topological polar surface area (TPSA) is 0 Å². The van der Waals surface area contributed by atoms with E-state index in [0.29, 0.717) is 5.92 Å². The van der Waals surface area contributed by atoms with Crippen molar-refractivity contribution < 1.29 is 0 Å². The van der Waals surface area contributed by atoms with Gasteiger partial charge >= 0.3 is 0 Å². The number of thiol groups is 1. The van der Waals surface area contributed by atoms with Crippen molar-refractivity contribution in [3.05, 3.63) is 0 Å². The van der Waals surface area contributed by atoms with E-state index in [2.05, 4.69) is 19.6 Å². The lowest BCUT2D eigenvalue weighted by Gasteiger charge is -2.05. The minimum atomic E-state index is 0.628. The first kappa shape index (κ1) is 7.41. The third kappa shape index (κ3) is 3.04. The zero-order valence-corrected chi connectivity index (χ0v) is 5.62. The van der Waals surface area contributed by atoms with Gasteiger partial charge in [0.05, 0.1) is 7.85 Å². The summed E-state index contributed by atoms with van der Waals surface area (Å²) in [4.78, 5) is 0. The molecule has 0 nitrogen and oxygen atoms in total. The van der Waals surface area contributed by atoms with Gasteiger partial charge in [-0.1, -0.05) is 19.7 Å². The lowest BCUT2D eigenvalue weighted by molar-refractivity contribution is 0.638. The summed E-state index contributed by atoms with van der Waals surface area (Å²) >= 11 is 4.10. The fourth-order valence-corrected chi connectivity index (χ4v) is 0.778. The van der Waals surface area contributed by atoms with E-state index in [4.69, 9.17) is 7.85 Å². The average Bonchev–Trinajstić information content (AvgIpc) is 1.72. The molecule has 7 heavy (non-hydrogen) atoms. The molecule has 0 fully saturated rings. The van der Waals surface area contributed by atoms with Crippen molar-refractivity contribution >= 4 is 20.5 Å². The van der Waals surface area contributed by atoms with Gasteiger partial charge in [0.1, 0.15) is 0 Å². The van der Waals surface area contributed by atoms with Gasteiger partial charge in [-0.3, -0.25) is 0 Å². The van der Waals surface area contributed by atoms with Crippen LogP contribution in [0.15, 0.2) is 0 Å². The molecule has 0 aromatic rings. The maximum absolute atomic E-state index is 5.34. The second kappa shape index (κ2) is 4.57. The Morgan fingerprint density at radius 3 is 2.29 bits per heavy atom. The maximum atomic E-state index is 5.34. The van der Waals surface area contributed by atoms with Gasteiger partial charge in [-0.15, -0.1) is 0 Å². The van der Waals surface area contributed by atoms with E-state index in [1.54, 1.807) is 0 Å². The highest BCUT2D eigenvalue weighted by Crippen LogP contribution is 2.06. The first-order valence-electron chi connectivity index (χ1n) is 2.66. The van der Waals surface area contributed by atoms with Crippen LogP contribution in [0.2, 0.25) is 6.32 Å². The second-order valence-corrected chi connectivity index (χ2v) is 2.06. The molecule has 0 aromatic heterocycles. The minimum Gasteiger partial charge on any atom is -0.179 e. The number of rotatable bonds is 3. The molecule has 0 heterocycles. The molecule has 0 aliphatic carbocycles. The lowest BCUT2D eigenvalue weighted by Crippen LogP contribution is -1.97. The predicted molar refractivity (Wildman–Crippen MR) is 38.2 cm³/mol. The van der Waals surface area contributed by atoms with Gasteiger partial charge in [0.15, 0.2) is 0 Å². The second-order valence-electron chi connectivity index (χ2n) is 1.69. The first-order chi connectivity index (χ1) is 3.35. The molecule has 0 amide bonds. The van der Waals surface area contributed by atoms with Gasteiger partial charge in [0, 0.05) is 0 Å². The van der Waals surface area contributed by atoms with E-state index in [0.717, 1.165) is 18.5 Å². The fourth-order valence-electron chi connectivity index (χ4n) is 0.370. The summed E-state index contributed by atoms with van der Waals surface area (Å²) in [5.74, 6) is 1.55. The molecule has 0 aliphatic heterocycles. The molecule has 1 unspecified atom stereocenters. The van der Waals surface area contributed by atoms with Gasteiger partial charge in [-0.2, -0.15) is 12.6 Å². The van der Waals surface area contributed by atoms with Crippen molar-refractivity contribution in [1.82, 2.24) is 0 Å². The van der Waals surface area contributed by atoms with Crippen LogP contribution in [0.4, 0.5) is 0 Å². The van der Waals surface area contributed by atoms with E-state index < -0.39 is 0 Å². The summed E-state index contributed by atoms with van der Waals surface area (Å²) in [5.41, 5.74) is 0. The van der Waals surface area contributed by atoms with E-state index >= 15 is 0 Å². The molecule has 40 valence electrons. The van der Waals surface area contributed by atoms with Crippen molar-refractivity contribution in [3.63, 3.8) is 0 Å². The number of hydrogen-bond donors (Lipinski definition) is 1. The Hall–Kier alpha value is 0.415. The van der Waals surface area contributed by atoms with Crippen LogP contribution >= 0.6 is 12.6 Å². The van der Waals surface area contributed by atoms with Gasteiger partial charge in [0.2, 0.25) is 0 Å². The molecular formula is C5H11BS. The zero-order chi connectivity index (χ0) is 5.70. The van der Waals surface area contributed by atoms with Gasteiger partial charge < -0.3 is 0 Å². The molecule has 1 atom stereocenters. The Kier molecular flexibility index (Phi) is 4.84. The highest BCUT2D eigenvalue weighted by molar-refractivity contribution is 7.80. The van der Waals surface area contributed by atoms with Crippen LogP contribution in [-0.2, 0) is 0 Å². The van der Waals surface area contributed by atoms with Crippen LogP contribution in [0.25, 0.3) is 0 Å². The van der Waals surface area contributed by atoms with Crippen molar-refractivity contribution in [2.24, 2.45) is 5.92 Å². The normalized spacial score (nSPS) is 14.0. The van der Waals surface area contributed by atoms with Crippen molar-refractivity contribution in [2.75, 3.05) is 5.75 Å². The van der Waals surface area contributed by atoms with Gasteiger partial charge in [-0.05, 0) is 11.7 Å². The molecular weight excluding hydrogens is 103 g/mol. The van der Waals surface area contributed by atoms with E-state index in [9.17, 15) is 0 Å². The van der Waals surface area contributed by atoms with E-state index in [1.165, 1.54) is 0 Å². The minimum absolute atomic E-state index is 0.628. The van der Waals surface area contributed by atoms with E-state index in [1.807, 2.05) is 0 Å². The highest BCUT2D eigenvalue weighted by Gasteiger charge is 1.96. The van der Waals surface area contributed by atoms with Crippen molar-refractivity contribution in [1.29, 1.82) is 0 Å². The standard InChI is InChI=1S/C5H11BS/c1-2-5(3-6)4-7/h5,7H,2-4H2,1H3. The summed E-state index contributed by atoms with van der Waals surface area (Å²) in [6, 6.07) is 0. The smallest absolute Gasteiger partial charge is 0.0657 e. The van der Waals surface area contributed by atoms with Crippen LogP contribution in [-0.4, -0.2) is 13.6 Å². The molecule has 0 spiro atoms. The van der Waals surface area contributed by atoms with Crippen LogP contribution in [0, 0.1) is 5.92 Å². The Labute approximate surface area is 52.5 Å². The summed E-state index contributed by atoms with van der Waals surface area (Å²) in [5, 5.41) is 0. The monoisotopic (exact) mass is 114 g/mol. The molecule has 0 aliphatic rings. The molecule has 0 bridgehead atoms. The zero-order valence-electron chi connectivity index (χ0n) is 4.72. The molecule has 0 aromatic carbocycles. The molecule has 2 heteroatoms. The summed E-state index contributed by atoms with van der Waals surface area (Å²) in [7, 11) is 5.34. The molecule has 0 saturated heterocycles. The largest absolute Gasteiger partial charge is 0.179 e. The molecule has 0 rings (SSSR count). The maximum Gasteiger partial charge on any atom is 0.0657 e. The summed E-state index contributed by atoms with van der Waals surface area (Å²) in [6.45, 7) is 2.13. The fraction of sp³-hybridized carbons (Fsp3) is 1.00. The third-order valence-electron chi connectivity index (χ3n) is 1.17. The average molecular weight is 114 g/mol. The molecule has 0 N–H and O–H groups in total. The van der Waals surface area contributed by atoms with Crippen LogP contribution in [0.1, 0.15) is 13.3 Å². The molecule has 0 saturated carbocycles. The molecule has 2 radical (unpaired) electrons. The Bertz CT molecular complexity index is 29.6. The lowest BCUT2D eigenvalue weighted by atomic mass is 9.91. The Morgan fingerprint density at radius 2 is 2.29 bits per heavy atom. The third-order valence-corrected chi connectivity index (χ3v) is 1.69. The van der Waals surface area contributed by atoms with Gasteiger partial charge in [-0.25, -0.2) is 0 Å². The van der Waals surface area contributed by atoms with Crippen LogP contribution in [0.5, 0.6) is 0 Å². The first-order valence-corrected chi connectivity index (χ1v) is 3.29. The van der Waals surface area contributed by atoms with Gasteiger partial charge in [0.25, 0.3) is 0 Å². The number of hydrogen-bond acceptors (Lipinski definition) is 1. The van der Waals surface area contributed by atoms with Crippen LogP contribution in [0.3, 0.4) is 0 Å². The van der Waals surface area contributed by atoms with Crippen LogP contribution < -0.4 is 0 Å². The van der Waals surface area contributed by atoms with E-state index in [-0.39, 0.29) is 0 Å².